The van der Waals surface area contributed by atoms with Crippen molar-refractivity contribution in [1.82, 2.24) is 4.98 Å². The summed E-state index contributed by atoms with van der Waals surface area (Å²) in [5, 5.41) is 20.9. The van der Waals surface area contributed by atoms with E-state index in [4.69, 9.17) is 5.11 Å². The Bertz CT molecular complexity index is 1000. The number of aromatic carboxylic acids is 1. The van der Waals surface area contributed by atoms with E-state index in [0.717, 1.165) is 29.0 Å². The normalized spacial score (nSPS) is 10.5. The van der Waals surface area contributed by atoms with E-state index in [9.17, 15) is 19.1 Å². The molecule has 0 radical (unpaired) electrons. The van der Waals surface area contributed by atoms with Gasteiger partial charge in [-0.2, -0.15) is 0 Å². The summed E-state index contributed by atoms with van der Waals surface area (Å²) in [6, 6.07) is 13.9. The van der Waals surface area contributed by atoms with Crippen LogP contribution in [0.4, 0.5) is 10.1 Å². The molecule has 0 aliphatic carbocycles. The fraction of sp³-hybridized carbons (Fsp3) is 0.0952. The zero-order valence-electron chi connectivity index (χ0n) is 14.7. The smallest absolute Gasteiger partial charge is 0.337 e. The highest BCUT2D eigenvalue weighted by molar-refractivity contribution is 6.00. The Balaban J connectivity index is 1.61. The molecule has 3 N–H and O–H groups in total. The second kappa shape index (κ2) is 8.30. The van der Waals surface area contributed by atoms with Crippen molar-refractivity contribution in [2.75, 3.05) is 5.32 Å². The number of halogens is 1. The molecule has 3 aromatic rings. The number of amides is 1. The number of hydrogen-bond acceptors (Lipinski definition) is 4. The summed E-state index contributed by atoms with van der Waals surface area (Å²) in [5.74, 6) is -2.26. The fourth-order valence-corrected chi connectivity index (χ4v) is 2.67. The third kappa shape index (κ3) is 4.70. The van der Waals surface area contributed by atoms with Gasteiger partial charge in [0, 0.05) is 12.0 Å². The Morgan fingerprint density at radius 1 is 1.04 bits per heavy atom. The van der Waals surface area contributed by atoms with Gasteiger partial charge in [-0.25, -0.2) is 9.18 Å². The van der Waals surface area contributed by atoms with Crippen LogP contribution in [0.2, 0.25) is 0 Å². The SMILES string of the molecule is O=C(CCc1ccc(-c2ccc(O)cn2)cc1)Nc1ccc(F)cc1C(=O)O. The molecule has 2 aromatic carbocycles. The predicted octanol–water partition coefficient (Wildman–Crippen LogP) is 3.86. The van der Waals surface area contributed by atoms with Gasteiger partial charge in [-0.15, -0.1) is 0 Å². The van der Waals surface area contributed by atoms with Crippen LogP contribution in [0.5, 0.6) is 5.75 Å². The molecule has 0 unspecified atom stereocenters. The highest BCUT2D eigenvalue weighted by Crippen LogP contribution is 2.21. The van der Waals surface area contributed by atoms with Crippen molar-refractivity contribution >= 4 is 17.6 Å². The first-order valence-corrected chi connectivity index (χ1v) is 8.49. The van der Waals surface area contributed by atoms with Crippen LogP contribution in [0.3, 0.4) is 0 Å². The lowest BCUT2D eigenvalue weighted by molar-refractivity contribution is -0.116. The van der Waals surface area contributed by atoms with E-state index >= 15 is 0 Å². The molecule has 6 nitrogen and oxygen atoms in total. The highest BCUT2D eigenvalue weighted by Gasteiger charge is 2.13. The zero-order chi connectivity index (χ0) is 20.1. The molecule has 0 saturated heterocycles. The van der Waals surface area contributed by atoms with Gasteiger partial charge in [-0.1, -0.05) is 24.3 Å². The second-order valence-corrected chi connectivity index (χ2v) is 6.14. The average molecular weight is 380 g/mol. The molecule has 0 aliphatic rings. The number of carbonyl (C=O) groups is 2. The molecule has 0 atom stereocenters. The summed E-state index contributed by atoms with van der Waals surface area (Å²) in [6.45, 7) is 0. The van der Waals surface area contributed by atoms with Gasteiger partial charge >= 0.3 is 5.97 Å². The van der Waals surface area contributed by atoms with Crippen molar-refractivity contribution in [2.24, 2.45) is 0 Å². The third-order valence-corrected chi connectivity index (χ3v) is 4.12. The number of aromatic nitrogens is 1. The molecule has 0 fully saturated rings. The summed E-state index contributed by atoms with van der Waals surface area (Å²) in [4.78, 5) is 27.4. The zero-order valence-corrected chi connectivity index (χ0v) is 14.7. The lowest BCUT2D eigenvalue weighted by Gasteiger charge is -2.09. The molecule has 1 heterocycles. The number of carboxylic acid groups (broad SMARTS) is 1. The fourth-order valence-electron chi connectivity index (χ4n) is 2.67. The van der Waals surface area contributed by atoms with Crippen LogP contribution >= 0.6 is 0 Å². The summed E-state index contributed by atoms with van der Waals surface area (Å²) >= 11 is 0. The lowest BCUT2D eigenvalue weighted by atomic mass is 10.0. The molecular weight excluding hydrogens is 363 g/mol. The van der Waals surface area contributed by atoms with Gasteiger partial charge < -0.3 is 15.5 Å². The van der Waals surface area contributed by atoms with Crippen LogP contribution in [0.1, 0.15) is 22.3 Å². The van der Waals surface area contributed by atoms with E-state index in [0.29, 0.717) is 6.42 Å². The topological polar surface area (TPSA) is 99.5 Å². The number of hydrogen-bond donors (Lipinski definition) is 3. The maximum Gasteiger partial charge on any atom is 0.337 e. The third-order valence-electron chi connectivity index (χ3n) is 4.12. The first-order valence-electron chi connectivity index (χ1n) is 8.49. The van der Waals surface area contributed by atoms with Gasteiger partial charge in [0.1, 0.15) is 11.6 Å². The molecule has 0 bridgehead atoms. The number of anilines is 1. The Kier molecular flexibility index (Phi) is 5.64. The average Bonchev–Trinajstić information content (AvgIpc) is 2.69. The van der Waals surface area contributed by atoms with Gasteiger partial charge in [-0.05, 0) is 42.3 Å². The number of aromatic hydroxyl groups is 1. The van der Waals surface area contributed by atoms with Crippen LogP contribution < -0.4 is 5.32 Å². The molecule has 1 aromatic heterocycles. The first-order chi connectivity index (χ1) is 13.4. The van der Waals surface area contributed by atoms with E-state index in [2.05, 4.69) is 10.3 Å². The van der Waals surface area contributed by atoms with Crippen LogP contribution in [-0.4, -0.2) is 27.1 Å². The van der Waals surface area contributed by atoms with E-state index in [1.807, 2.05) is 24.3 Å². The number of aryl methyl sites for hydroxylation is 1. The monoisotopic (exact) mass is 380 g/mol. The van der Waals surface area contributed by atoms with Gasteiger partial charge in [0.2, 0.25) is 5.91 Å². The minimum absolute atomic E-state index is 0.0626. The minimum atomic E-state index is -1.31. The van der Waals surface area contributed by atoms with Crippen LogP contribution in [0.15, 0.2) is 60.8 Å². The maximum atomic E-state index is 13.2. The van der Waals surface area contributed by atoms with Crippen molar-refractivity contribution in [3.63, 3.8) is 0 Å². The minimum Gasteiger partial charge on any atom is -0.506 e. The number of nitrogens with one attached hydrogen (secondary N) is 1. The standard InChI is InChI=1S/C21H17FN2O4/c22-15-6-8-19(17(11-15)21(27)28)24-20(26)10-3-13-1-4-14(5-2-13)18-9-7-16(25)12-23-18/h1-2,4-9,11-12,25H,3,10H2,(H,24,26)(H,27,28). The molecule has 142 valence electrons. The molecule has 1 amide bonds. The van der Waals surface area contributed by atoms with Crippen molar-refractivity contribution in [3.8, 4) is 17.0 Å². The van der Waals surface area contributed by atoms with Gasteiger partial charge in [0.05, 0.1) is 23.1 Å². The van der Waals surface area contributed by atoms with Gasteiger partial charge in [0.15, 0.2) is 0 Å². The van der Waals surface area contributed by atoms with Crippen molar-refractivity contribution < 1.29 is 24.2 Å². The van der Waals surface area contributed by atoms with Crippen molar-refractivity contribution in [2.45, 2.75) is 12.8 Å². The first kappa shape index (κ1) is 19.0. The number of benzene rings is 2. The maximum absolute atomic E-state index is 13.2. The molecular formula is C21H17FN2O4. The quantitative estimate of drug-likeness (QED) is 0.603. The highest BCUT2D eigenvalue weighted by atomic mass is 19.1. The van der Waals surface area contributed by atoms with Crippen LogP contribution in [-0.2, 0) is 11.2 Å². The predicted molar refractivity (Wildman–Crippen MR) is 102 cm³/mol. The Hall–Kier alpha value is -3.74. The Morgan fingerprint density at radius 3 is 2.43 bits per heavy atom. The Morgan fingerprint density at radius 2 is 1.79 bits per heavy atom. The molecule has 7 heteroatoms. The number of carboxylic acids is 1. The van der Waals surface area contributed by atoms with E-state index in [1.54, 1.807) is 12.1 Å². The van der Waals surface area contributed by atoms with Crippen LogP contribution in [0, 0.1) is 5.82 Å². The summed E-state index contributed by atoms with van der Waals surface area (Å²) in [6.07, 6.45) is 1.97. The van der Waals surface area contributed by atoms with Crippen molar-refractivity contribution in [1.29, 1.82) is 0 Å². The Labute approximate surface area is 160 Å². The molecule has 28 heavy (non-hydrogen) atoms. The summed E-state index contributed by atoms with van der Waals surface area (Å²) < 4.78 is 13.2. The second-order valence-electron chi connectivity index (χ2n) is 6.14. The molecule has 0 spiro atoms. The van der Waals surface area contributed by atoms with Crippen molar-refractivity contribution in [3.05, 3.63) is 77.7 Å². The van der Waals surface area contributed by atoms with Gasteiger partial charge in [0.25, 0.3) is 0 Å². The number of rotatable bonds is 6. The van der Waals surface area contributed by atoms with Crippen LogP contribution in [0.25, 0.3) is 11.3 Å². The molecule has 0 aliphatic heterocycles. The number of nitrogens with zero attached hydrogens (tertiary/aromatic N) is 1. The molecule has 0 saturated carbocycles. The number of pyridine rings is 1. The largest absolute Gasteiger partial charge is 0.506 e. The van der Waals surface area contributed by atoms with E-state index < -0.39 is 11.8 Å². The summed E-state index contributed by atoms with van der Waals surface area (Å²) in [7, 11) is 0. The number of carbonyl (C=O) groups excluding carboxylic acids is 1. The lowest BCUT2D eigenvalue weighted by Crippen LogP contribution is -2.15. The van der Waals surface area contributed by atoms with E-state index in [1.165, 1.54) is 12.3 Å². The summed E-state index contributed by atoms with van der Waals surface area (Å²) in [5.41, 5.74) is 2.30. The molecule has 3 rings (SSSR count). The van der Waals surface area contributed by atoms with E-state index in [-0.39, 0.29) is 29.3 Å². The van der Waals surface area contributed by atoms with Gasteiger partial charge in [-0.3, -0.25) is 9.78 Å².